The molecule has 1 aliphatic carbocycles. The number of cyclic esters (lactones) is 1. The first-order valence-electron chi connectivity index (χ1n) is 9.53. The number of hydrogen-bond acceptors (Lipinski definition) is 5. The van der Waals surface area contributed by atoms with Crippen LogP contribution in [0.25, 0.3) is 0 Å². The number of benzene rings is 1. The van der Waals surface area contributed by atoms with Gasteiger partial charge in [0.05, 0.1) is 31.4 Å². The van der Waals surface area contributed by atoms with E-state index in [1.807, 2.05) is 0 Å². The van der Waals surface area contributed by atoms with Crippen LogP contribution in [0.15, 0.2) is 18.2 Å². The topological polar surface area (TPSA) is 77.1 Å². The van der Waals surface area contributed by atoms with Gasteiger partial charge in [0.2, 0.25) is 0 Å². The van der Waals surface area contributed by atoms with Crippen molar-refractivity contribution in [1.29, 1.82) is 0 Å². The van der Waals surface area contributed by atoms with Gasteiger partial charge in [-0.2, -0.15) is 13.2 Å². The maximum atomic E-state index is 14.0. The first-order chi connectivity index (χ1) is 14.2. The summed E-state index contributed by atoms with van der Waals surface area (Å²) in [7, 11) is 0. The van der Waals surface area contributed by atoms with Crippen LogP contribution < -0.4 is 5.32 Å². The molecule has 11 heteroatoms. The van der Waals surface area contributed by atoms with Crippen LogP contribution in [0.3, 0.4) is 0 Å². The first kappa shape index (κ1) is 20.7. The number of nitrogens with one attached hydrogen (secondary N) is 1. The lowest BCUT2D eigenvalue weighted by Gasteiger charge is -2.53. The fourth-order valence-corrected chi connectivity index (χ4v) is 3.70. The second-order valence-electron chi connectivity index (χ2n) is 7.76. The van der Waals surface area contributed by atoms with E-state index in [1.165, 1.54) is 4.90 Å². The Bertz CT molecular complexity index is 845. The van der Waals surface area contributed by atoms with E-state index in [4.69, 9.17) is 14.2 Å². The average Bonchev–Trinajstić information content (AvgIpc) is 3.03. The van der Waals surface area contributed by atoms with Crippen molar-refractivity contribution < 1.29 is 41.4 Å². The molecule has 164 valence electrons. The number of halogens is 4. The Morgan fingerprint density at radius 1 is 1.33 bits per heavy atom. The summed E-state index contributed by atoms with van der Waals surface area (Å²) in [5.74, 6) is -1.04. The summed E-state index contributed by atoms with van der Waals surface area (Å²) < 4.78 is 67.8. The number of hydrogen-bond donors (Lipinski definition) is 1. The van der Waals surface area contributed by atoms with Crippen LogP contribution in [0, 0.1) is 5.82 Å². The summed E-state index contributed by atoms with van der Waals surface area (Å²) in [5, 5.41) is 2.68. The summed E-state index contributed by atoms with van der Waals surface area (Å²) in [4.78, 5) is 25.3. The first-order valence-corrected chi connectivity index (χ1v) is 9.53. The quantitative estimate of drug-likeness (QED) is 0.724. The third-order valence-corrected chi connectivity index (χ3v) is 5.75. The minimum atomic E-state index is -4.64. The van der Waals surface area contributed by atoms with Crippen molar-refractivity contribution in [2.24, 2.45) is 0 Å². The van der Waals surface area contributed by atoms with E-state index in [9.17, 15) is 27.2 Å². The van der Waals surface area contributed by atoms with Gasteiger partial charge in [-0.3, -0.25) is 4.90 Å². The van der Waals surface area contributed by atoms with Gasteiger partial charge in [-0.15, -0.1) is 0 Å². The smallest absolute Gasteiger partial charge is 0.416 e. The summed E-state index contributed by atoms with van der Waals surface area (Å²) in [6, 6.07) is 1.60. The Labute approximate surface area is 169 Å². The molecular weight excluding hydrogens is 412 g/mol. The van der Waals surface area contributed by atoms with E-state index in [-0.39, 0.29) is 38.0 Å². The van der Waals surface area contributed by atoms with Crippen LogP contribution in [0.4, 0.5) is 27.2 Å². The van der Waals surface area contributed by atoms with Crippen LogP contribution in [0.1, 0.15) is 30.4 Å². The number of carbonyl (C=O) groups excluding carboxylic acids is 2. The minimum Gasteiger partial charge on any atom is -0.447 e. The van der Waals surface area contributed by atoms with Crippen LogP contribution in [0.5, 0.6) is 0 Å². The average molecular weight is 432 g/mol. The lowest BCUT2D eigenvalue weighted by atomic mass is 9.81. The van der Waals surface area contributed by atoms with Crippen molar-refractivity contribution >= 4 is 12.2 Å². The number of nitrogens with zero attached hydrogens (tertiary/aromatic N) is 1. The van der Waals surface area contributed by atoms with Crippen LogP contribution in [-0.2, 0) is 27.0 Å². The zero-order valence-electron chi connectivity index (χ0n) is 15.8. The molecule has 4 rings (SSSR count). The predicted molar refractivity (Wildman–Crippen MR) is 92.9 cm³/mol. The van der Waals surface area contributed by atoms with Crippen molar-refractivity contribution in [2.75, 3.05) is 19.8 Å². The van der Waals surface area contributed by atoms with Gasteiger partial charge in [0, 0.05) is 5.56 Å². The Morgan fingerprint density at radius 3 is 2.67 bits per heavy atom. The molecule has 2 saturated heterocycles. The van der Waals surface area contributed by atoms with E-state index in [0.29, 0.717) is 6.07 Å². The van der Waals surface area contributed by atoms with E-state index in [1.54, 1.807) is 0 Å². The number of alkyl carbamates (subject to hydrolysis) is 1. The maximum absolute atomic E-state index is 14.0. The van der Waals surface area contributed by atoms with E-state index < -0.39 is 41.3 Å². The van der Waals surface area contributed by atoms with E-state index in [0.717, 1.165) is 31.4 Å². The molecule has 3 fully saturated rings. The highest BCUT2D eigenvalue weighted by molar-refractivity contribution is 5.75. The summed E-state index contributed by atoms with van der Waals surface area (Å²) >= 11 is 0. The van der Waals surface area contributed by atoms with Crippen molar-refractivity contribution in [3.05, 3.63) is 35.1 Å². The zero-order chi connectivity index (χ0) is 21.5. The molecule has 1 aromatic carbocycles. The fraction of sp³-hybridized carbons (Fsp3) is 0.579. The van der Waals surface area contributed by atoms with Gasteiger partial charge in [0.15, 0.2) is 0 Å². The number of ether oxygens (including phenoxy) is 3. The molecule has 0 radical (unpaired) electrons. The third kappa shape index (κ3) is 3.90. The van der Waals surface area contributed by atoms with Crippen molar-refractivity contribution in [1.82, 2.24) is 10.2 Å². The Morgan fingerprint density at radius 2 is 2.10 bits per heavy atom. The molecule has 2 amide bonds. The molecule has 1 aromatic rings. The molecule has 30 heavy (non-hydrogen) atoms. The number of rotatable bonds is 5. The molecule has 2 aliphatic heterocycles. The molecule has 7 nitrogen and oxygen atoms in total. The highest BCUT2D eigenvalue weighted by atomic mass is 19.4. The molecule has 2 unspecified atom stereocenters. The number of carbonyl (C=O) groups is 2. The van der Waals surface area contributed by atoms with Gasteiger partial charge in [-0.1, -0.05) is 6.07 Å². The Kier molecular flexibility index (Phi) is 5.25. The largest absolute Gasteiger partial charge is 0.447 e. The van der Waals surface area contributed by atoms with Crippen LogP contribution in [0.2, 0.25) is 0 Å². The normalized spacial score (nSPS) is 26.1. The Hall–Kier alpha value is -2.56. The summed E-state index contributed by atoms with van der Waals surface area (Å²) in [6.07, 6.45) is -3.29. The van der Waals surface area contributed by atoms with Gasteiger partial charge < -0.3 is 19.5 Å². The van der Waals surface area contributed by atoms with Gasteiger partial charge in [-0.25, -0.2) is 14.0 Å². The molecule has 1 N–H and O–H groups in total. The van der Waals surface area contributed by atoms with Gasteiger partial charge >= 0.3 is 18.4 Å². The standard InChI is InChI=1S/C19H20F4N2O5/c20-14-6-12(19(21,22)23)5-4-11(14)7-28-8-15-18(10-29-16(26)24-18)9-25(15)17(27)30-13-2-1-3-13/h4-6,13,15H,1-3,7-10H2,(H,24,26). The van der Waals surface area contributed by atoms with E-state index in [2.05, 4.69) is 5.32 Å². The number of likely N-dealkylation sites (tertiary alicyclic amines) is 1. The lowest BCUT2D eigenvalue weighted by Crippen LogP contribution is -2.78. The number of amides is 2. The van der Waals surface area contributed by atoms with Crippen molar-refractivity contribution in [3.8, 4) is 0 Å². The zero-order valence-corrected chi connectivity index (χ0v) is 15.8. The predicted octanol–water partition coefficient (Wildman–Crippen LogP) is 3.21. The Balaban J connectivity index is 1.38. The maximum Gasteiger partial charge on any atom is 0.416 e. The van der Waals surface area contributed by atoms with Gasteiger partial charge in [0.1, 0.15) is 24.1 Å². The second kappa shape index (κ2) is 7.60. The molecule has 2 heterocycles. The lowest BCUT2D eigenvalue weighted by molar-refractivity contribution is -0.137. The number of alkyl halides is 3. The second-order valence-corrected chi connectivity index (χ2v) is 7.76. The molecule has 2 atom stereocenters. The van der Waals surface area contributed by atoms with Gasteiger partial charge in [-0.05, 0) is 31.4 Å². The van der Waals surface area contributed by atoms with E-state index >= 15 is 0 Å². The molecular formula is C19H20F4N2O5. The van der Waals surface area contributed by atoms with Crippen LogP contribution >= 0.6 is 0 Å². The summed E-state index contributed by atoms with van der Waals surface area (Å²) in [6.45, 7) is -0.143. The van der Waals surface area contributed by atoms with Crippen LogP contribution in [-0.4, -0.2) is 54.5 Å². The molecule has 0 aromatic heterocycles. The highest BCUT2D eigenvalue weighted by Gasteiger charge is 2.60. The minimum absolute atomic E-state index is 0.0434. The summed E-state index contributed by atoms with van der Waals surface area (Å²) in [5.41, 5.74) is -1.96. The molecule has 3 aliphatic rings. The third-order valence-electron chi connectivity index (χ3n) is 5.75. The SMILES string of the molecule is O=C1NC2(CO1)CN(C(=O)OC1CCC1)C2COCc1ccc(C(F)(F)F)cc1F. The fourth-order valence-electron chi connectivity index (χ4n) is 3.70. The van der Waals surface area contributed by atoms with Crippen molar-refractivity contribution in [3.63, 3.8) is 0 Å². The monoisotopic (exact) mass is 432 g/mol. The molecule has 1 spiro atoms. The highest BCUT2D eigenvalue weighted by Crippen LogP contribution is 2.35. The van der Waals surface area contributed by atoms with Crippen molar-refractivity contribution in [2.45, 2.75) is 49.7 Å². The van der Waals surface area contributed by atoms with Gasteiger partial charge in [0.25, 0.3) is 0 Å². The molecule has 1 saturated carbocycles. The molecule has 0 bridgehead atoms.